The van der Waals surface area contributed by atoms with Crippen LogP contribution in [0.3, 0.4) is 0 Å². The number of hydrogen-bond donors (Lipinski definition) is 2. The van der Waals surface area contributed by atoms with E-state index in [4.69, 9.17) is 0 Å². The summed E-state index contributed by atoms with van der Waals surface area (Å²) >= 11 is 0.936. The summed E-state index contributed by atoms with van der Waals surface area (Å²) in [6.07, 6.45) is -7.15. The number of aromatic nitrogens is 2. The number of anilines is 1. The van der Waals surface area contributed by atoms with E-state index >= 15 is 0 Å². The van der Waals surface area contributed by atoms with Crippen LogP contribution in [0, 0.1) is 0 Å². The van der Waals surface area contributed by atoms with Gasteiger partial charge in [-0.1, -0.05) is 11.8 Å². The van der Waals surface area contributed by atoms with Gasteiger partial charge < -0.3 is 10.6 Å². The standard InChI is InChI=1S/C16H14F6N4OS/c17-15(18,19)10-3-4-13(26-8-10)28-9-12(27)23-6-7-25-14-11(16(20,21)22)2-1-5-24-14/h1-5,8H,6-7,9H2,(H,23,27)(H,24,25). The Morgan fingerprint density at radius 2 is 1.75 bits per heavy atom. The van der Waals surface area contributed by atoms with Crippen LogP contribution in [-0.2, 0) is 17.1 Å². The molecule has 2 heterocycles. The second-order valence-corrected chi connectivity index (χ2v) is 6.34. The van der Waals surface area contributed by atoms with Crippen molar-refractivity contribution in [3.63, 3.8) is 0 Å². The van der Waals surface area contributed by atoms with Gasteiger partial charge in [0, 0.05) is 25.5 Å². The minimum atomic E-state index is -4.55. The minimum Gasteiger partial charge on any atom is -0.368 e. The molecule has 0 radical (unpaired) electrons. The molecule has 0 aliphatic carbocycles. The summed E-state index contributed by atoms with van der Waals surface area (Å²) in [5.74, 6) is -0.881. The first-order valence-corrected chi connectivity index (χ1v) is 8.75. The number of nitrogens with one attached hydrogen (secondary N) is 2. The fourth-order valence-corrected chi connectivity index (χ4v) is 2.65. The highest BCUT2D eigenvalue weighted by Gasteiger charge is 2.34. The molecule has 2 aromatic heterocycles. The summed E-state index contributed by atoms with van der Waals surface area (Å²) in [6, 6.07) is 4.08. The van der Waals surface area contributed by atoms with Gasteiger partial charge in [-0.2, -0.15) is 26.3 Å². The number of halogens is 6. The molecular weight excluding hydrogens is 410 g/mol. The third-order valence-electron chi connectivity index (χ3n) is 3.27. The number of pyridine rings is 2. The van der Waals surface area contributed by atoms with Crippen LogP contribution in [0.2, 0.25) is 0 Å². The van der Waals surface area contributed by atoms with Crippen LogP contribution in [0.25, 0.3) is 0 Å². The van der Waals surface area contributed by atoms with Gasteiger partial charge in [0.15, 0.2) is 0 Å². The average molecular weight is 424 g/mol. The van der Waals surface area contributed by atoms with E-state index in [1.54, 1.807) is 0 Å². The van der Waals surface area contributed by atoms with Gasteiger partial charge in [0.25, 0.3) is 0 Å². The van der Waals surface area contributed by atoms with Gasteiger partial charge in [-0.15, -0.1) is 0 Å². The fourth-order valence-electron chi connectivity index (χ4n) is 1.98. The molecule has 0 saturated carbocycles. The first kappa shape index (κ1) is 21.8. The van der Waals surface area contributed by atoms with Crippen molar-refractivity contribution in [2.24, 2.45) is 0 Å². The number of nitrogens with zero attached hydrogens (tertiary/aromatic N) is 2. The average Bonchev–Trinajstić information content (AvgIpc) is 2.63. The topological polar surface area (TPSA) is 66.9 Å². The Balaban J connectivity index is 1.74. The van der Waals surface area contributed by atoms with Gasteiger partial charge in [-0.25, -0.2) is 9.97 Å². The quantitative estimate of drug-likeness (QED) is 0.402. The zero-order chi connectivity index (χ0) is 20.8. The van der Waals surface area contributed by atoms with Gasteiger partial charge in [-0.05, 0) is 24.3 Å². The Labute approximate surface area is 159 Å². The third kappa shape index (κ3) is 6.59. The van der Waals surface area contributed by atoms with Gasteiger partial charge in [-0.3, -0.25) is 4.79 Å². The number of hydrogen-bond acceptors (Lipinski definition) is 5. The van der Waals surface area contributed by atoms with Crippen LogP contribution in [0.5, 0.6) is 0 Å². The fraction of sp³-hybridized carbons (Fsp3) is 0.312. The maximum atomic E-state index is 12.8. The molecule has 0 bridgehead atoms. The molecule has 0 unspecified atom stereocenters. The Morgan fingerprint density at radius 3 is 2.36 bits per heavy atom. The molecule has 1 amide bonds. The van der Waals surface area contributed by atoms with Gasteiger partial charge in [0.05, 0.1) is 21.9 Å². The lowest BCUT2D eigenvalue weighted by Crippen LogP contribution is -2.30. The first-order chi connectivity index (χ1) is 13.1. The molecule has 5 nitrogen and oxygen atoms in total. The zero-order valence-corrected chi connectivity index (χ0v) is 14.9. The molecule has 0 aliphatic heterocycles. The summed E-state index contributed by atoms with van der Waals surface area (Å²) in [6.45, 7) is 0.0444. The number of amides is 1. The molecule has 12 heteroatoms. The number of carbonyl (C=O) groups is 1. The predicted octanol–water partition coefficient (Wildman–Crippen LogP) is 3.83. The molecule has 2 rings (SSSR count). The van der Waals surface area contributed by atoms with Gasteiger partial charge in [0.2, 0.25) is 5.91 Å². The van der Waals surface area contributed by atoms with Gasteiger partial charge >= 0.3 is 12.4 Å². The highest BCUT2D eigenvalue weighted by atomic mass is 32.2. The smallest absolute Gasteiger partial charge is 0.368 e. The molecule has 28 heavy (non-hydrogen) atoms. The maximum Gasteiger partial charge on any atom is 0.419 e. The molecule has 0 spiro atoms. The van der Waals surface area contributed by atoms with E-state index in [1.807, 2.05) is 0 Å². The molecule has 0 aliphatic rings. The van der Waals surface area contributed by atoms with Crippen molar-refractivity contribution < 1.29 is 31.1 Å². The van der Waals surface area contributed by atoms with Crippen LogP contribution >= 0.6 is 11.8 Å². The van der Waals surface area contributed by atoms with Crippen molar-refractivity contribution in [2.75, 3.05) is 24.2 Å². The monoisotopic (exact) mass is 424 g/mol. The Hall–Kier alpha value is -2.50. The second-order valence-electron chi connectivity index (χ2n) is 5.35. The van der Waals surface area contributed by atoms with Crippen LogP contribution < -0.4 is 10.6 Å². The molecular formula is C16H14F6N4OS. The Bertz CT molecular complexity index is 795. The van der Waals surface area contributed by atoms with Crippen molar-refractivity contribution in [3.05, 3.63) is 47.8 Å². The van der Waals surface area contributed by atoms with Crippen molar-refractivity contribution in [1.29, 1.82) is 0 Å². The van der Waals surface area contributed by atoms with Crippen molar-refractivity contribution in [2.45, 2.75) is 17.4 Å². The van der Waals surface area contributed by atoms with Gasteiger partial charge in [0.1, 0.15) is 5.82 Å². The highest BCUT2D eigenvalue weighted by molar-refractivity contribution is 7.99. The predicted molar refractivity (Wildman–Crippen MR) is 90.7 cm³/mol. The van der Waals surface area contributed by atoms with Crippen molar-refractivity contribution in [3.8, 4) is 0 Å². The van der Waals surface area contributed by atoms with E-state index < -0.39 is 29.4 Å². The SMILES string of the molecule is O=C(CSc1ccc(C(F)(F)F)cn1)NCCNc1ncccc1C(F)(F)F. The van der Waals surface area contributed by atoms with Crippen LogP contribution in [-0.4, -0.2) is 34.7 Å². The molecule has 152 valence electrons. The first-order valence-electron chi connectivity index (χ1n) is 7.76. The van der Waals surface area contributed by atoms with Crippen LogP contribution in [0.1, 0.15) is 11.1 Å². The van der Waals surface area contributed by atoms with Crippen molar-refractivity contribution >= 4 is 23.5 Å². The van der Waals surface area contributed by atoms with E-state index in [0.29, 0.717) is 6.20 Å². The number of rotatable bonds is 7. The summed E-state index contributed by atoms with van der Waals surface area (Å²) in [5, 5.41) is 5.22. The highest BCUT2D eigenvalue weighted by Crippen LogP contribution is 2.33. The molecule has 2 aromatic rings. The number of carbonyl (C=O) groups excluding carboxylic acids is 1. The molecule has 2 N–H and O–H groups in total. The number of alkyl halides is 6. The van der Waals surface area contributed by atoms with E-state index in [1.165, 1.54) is 12.3 Å². The maximum absolute atomic E-state index is 12.8. The summed E-state index contributed by atoms with van der Waals surface area (Å²) in [4.78, 5) is 19.0. The Morgan fingerprint density at radius 1 is 1.00 bits per heavy atom. The van der Waals surface area contributed by atoms with E-state index in [9.17, 15) is 31.1 Å². The van der Waals surface area contributed by atoms with E-state index in [-0.39, 0.29) is 29.7 Å². The Kier molecular flexibility index (Phi) is 7.11. The molecule has 0 aromatic carbocycles. The zero-order valence-electron chi connectivity index (χ0n) is 14.1. The second kappa shape index (κ2) is 9.13. The lowest BCUT2D eigenvalue weighted by molar-refractivity contribution is -0.138. The third-order valence-corrected chi connectivity index (χ3v) is 4.21. The van der Waals surface area contributed by atoms with Crippen LogP contribution in [0.15, 0.2) is 41.7 Å². The molecule has 0 fully saturated rings. The van der Waals surface area contributed by atoms with Crippen molar-refractivity contribution in [1.82, 2.24) is 15.3 Å². The lowest BCUT2D eigenvalue weighted by atomic mass is 10.2. The molecule has 0 atom stereocenters. The minimum absolute atomic E-state index is 0.00896. The normalized spacial score (nSPS) is 11.9. The molecule has 0 saturated heterocycles. The van der Waals surface area contributed by atoms with E-state index in [2.05, 4.69) is 20.6 Å². The summed E-state index contributed by atoms with van der Waals surface area (Å²) in [5.41, 5.74) is -1.80. The summed E-state index contributed by atoms with van der Waals surface area (Å²) in [7, 11) is 0. The largest absolute Gasteiger partial charge is 0.419 e. The number of thioether (sulfide) groups is 1. The van der Waals surface area contributed by atoms with E-state index in [0.717, 1.165) is 30.0 Å². The summed E-state index contributed by atoms with van der Waals surface area (Å²) < 4.78 is 75.8. The van der Waals surface area contributed by atoms with Crippen LogP contribution in [0.4, 0.5) is 32.2 Å². The lowest BCUT2D eigenvalue weighted by Gasteiger charge is -2.13.